The second kappa shape index (κ2) is 7.61. The first-order chi connectivity index (χ1) is 13.2. The van der Waals surface area contributed by atoms with Gasteiger partial charge in [0.2, 0.25) is 5.95 Å². The molecule has 0 unspecified atom stereocenters. The first-order valence-corrected chi connectivity index (χ1v) is 9.09. The van der Waals surface area contributed by atoms with E-state index in [1.54, 1.807) is 18.3 Å². The molecule has 1 fully saturated rings. The first kappa shape index (κ1) is 17.3. The molecule has 0 aliphatic carbocycles. The number of anilines is 4. The Hall–Kier alpha value is -3.15. The van der Waals surface area contributed by atoms with Gasteiger partial charge in [-0.2, -0.15) is 4.98 Å². The number of aryl methyl sites for hydroxylation is 1. The van der Waals surface area contributed by atoms with Gasteiger partial charge in [0.25, 0.3) is 0 Å². The SMILES string of the molecule is Cc1cccc(N2CCN(c3ccnc(Nc4cccc(F)c4)n3)CC2)c1. The number of nitrogens with zero attached hydrogens (tertiary/aromatic N) is 4. The zero-order chi connectivity index (χ0) is 18.6. The normalized spacial score (nSPS) is 14.3. The molecule has 1 aromatic heterocycles. The van der Waals surface area contributed by atoms with Gasteiger partial charge >= 0.3 is 0 Å². The highest BCUT2D eigenvalue weighted by molar-refractivity contribution is 5.56. The number of piperazine rings is 1. The molecule has 5 nitrogen and oxygen atoms in total. The summed E-state index contributed by atoms with van der Waals surface area (Å²) in [6, 6.07) is 16.8. The molecule has 0 amide bonds. The molecule has 4 rings (SSSR count). The predicted molar refractivity (Wildman–Crippen MR) is 107 cm³/mol. The molecule has 1 aliphatic heterocycles. The maximum atomic E-state index is 13.3. The van der Waals surface area contributed by atoms with Gasteiger partial charge in [-0.3, -0.25) is 0 Å². The Balaban J connectivity index is 1.42. The third-order valence-corrected chi connectivity index (χ3v) is 4.69. The van der Waals surface area contributed by atoms with Crippen molar-refractivity contribution in [1.82, 2.24) is 9.97 Å². The quantitative estimate of drug-likeness (QED) is 0.759. The molecule has 0 radical (unpaired) electrons. The summed E-state index contributed by atoms with van der Waals surface area (Å²) in [5.41, 5.74) is 3.18. The molecule has 0 atom stereocenters. The van der Waals surface area contributed by atoms with Gasteiger partial charge in [-0.05, 0) is 48.9 Å². The second-order valence-electron chi connectivity index (χ2n) is 6.69. The van der Waals surface area contributed by atoms with Gasteiger partial charge in [-0.25, -0.2) is 9.37 Å². The van der Waals surface area contributed by atoms with Crippen molar-refractivity contribution in [2.24, 2.45) is 0 Å². The highest BCUT2D eigenvalue weighted by Crippen LogP contribution is 2.21. The van der Waals surface area contributed by atoms with Gasteiger partial charge in [-0.1, -0.05) is 18.2 Å². The van der Waals surface area contributed by atoms with E-state index in [9.17, 15) is 4.39 Å². The van der Waals surface area contributed by atoms with Crippen molar-refractivity contribution in [3.8, 4) is 0 Å². The van der Waals surface area contributed by atoms with Gasteiger partial charge < -0.3 is 15.1 Å². The van der Waals surface area contributed by atoms with E-state index in [1.165, 1.54) is 23.4 Å². The minimum atomic E-state index is -0.288. The zero-order valence-electron chi connectivity index (χ0n) is 15.3. The average molecular weight is 363 g/mol. The summed E-state index contributed by atoms with van der Waals surface area (Å²) in [7, 11) is 0. The lowest BCUT2D eigenvalue weighted by Crippen LogP contribution is -2.46. The number of rotatable bonds is 4. The number of hydrogen-bond donors (Lipinski definition) is 1. The van der Waals surface area contributed by atoms with Crippen LogP contribution in [0.2, 0.25) is 0 Å². The van der Waals surface area contributed by atoms with Crippen LogP contribution in [0.1, 0.15) is 5.56 Å². The van der Waals surface area contributed by atoms with Gasteiger partial charge in [0, 0.05) is 43.8 Å². The number of halogens is 1. The van der Waals surface area contributed by atoms with Crippen molar-refractivity contribution in [3.05, 3.63) is 72.2 Å². The fraction of sp³-hybridized carbons (Fsp3) is 0.238. The van der Waals surface area contributed by atoms with Crippen LogP contribution in [0.3, 0.4) is 0 Å². The zero-order valence-corrected chi connectivity index (χ0v) is 15.3. The molecule has 0 bridgehead atoms. The third-order valence-electron chi connectivity index (χ3n) is 4.69. The van der Waals surface area contributed by atoms with Crippen LogP contribution < -0.4 is 15.1 Å². The van der Waals surface area contributed by atoms with Gasteiger partial charge in [0.15, 0.2) is 0 Å². The lowest BCUT2D eigenvalue weighted by molar-refractivity contribution is 0.628. The maximum absolute atomic E-state index is 13.3. The molecule has 1 saturated heterocycles. The molecule has 0 spiro atoms. The molecular formula is C21H22FN5. The van der Waals surface area contributed by atoms with Crippen molar-refractivity contribution in [1.29, 1.82) is 0 Å². The fourth-order valence-corrected chi connectivity index (χ4v) is 3.30. The van der Waals surface area contributed by atoms with Crippen LogP contribution in [0, 0.1) is 12.7 Å². The van der Waals surface area contributed by atoms with Crippen molar-refractivity contribution in [2.75, 3.05) is 41.3 Å². The molecule has 1 aliphatic rings. The van der Waals surface area contributed by atoms with Crippen LogP contribution in [0.5, 0.6) is 0 Å². The largest absolute Gasteiger partial charge is 0.368 e. The summed E-state index contributed by atoms with van der Waals surface area (Å²) in [5, 5.41) is 3.07. The average Bonchev–Trinajstić information content (AvgIpc) is 2.68. The molecule has 0 saturated carbocycles. The molecule has 6 heteroatoms. The van der Waals surface area contributed by atoms with E-state index >= 15 is 0 Å². The van der Waals surface area contributed by atoms with Gasteiger partial charge in [-0.15, -0.1) is 0 Å². The summed E-state index contributed by atoms with van der Waals surface area (Å²) in [6.07, 6.45) is 1.73. The molecule has 2 aromatic carbocycles. The summed E-state index contributed by atoms with van der Waals surface area (Å²) in [4.78, 5) is 13.5. The lowest BCUT2D eigenvalue weighted by Gasteiger charge is -2.36. The third kappa shape index (κ3) is 4.16. The monoisotopic (exact) mass is 363 g/mol. The molecule has 138 valence electrons. The van der Waals surface area contributed by atoms with Crippen LogP contribution in [0.25, 0.3) is 0 Å². The lowest BCUT2D eigenvalue weighted by atomic mass is 10.2. The topological polar surface area (TPSA) is 44.3 Å². The van der Waals surface area contributed by atoms with E-state index in [-0.39, 0.29) is 5.82 Å². The number of aromatic nitrogens is 2. The molecular weight excluding hydrogens is 341 g/mol. The summed E-state index contributed by atoms with van der Waals surface area (Å²) in [6.45, 7) is 5.79. The van der Waals surface area contributed by atoms with Crippen LogP contribution in [0.15, 0.2) is 60.8 Å². The first-order valence-electron chi connectivity index (χ1n) is 9.09. The Morgan fingerprint density at radius 3 is 2.48 bits per heavy atom. The molecule has 2 heterocycles. The van der Waals surface area contributed by atoms with Crippen molar-refractivity contribution >= 4 is 23.1 Å². The van der Waals surface area contributed by atoms with Crippen molar-refractivity contribution in [2.45, 2.75) is 6.92 Å². The Labute approximate surface area is 158 Å². The Morgan fingerprint density at radius 1 is 0.926 bits per heavy atom. The van der Waals surface area contributed by atoms with E-state index in [2.05, 4.69) is 56.3 Å². The fourth-order valence-electron chi connectivity index (χ4n) is 3.30. The van der Waals surface area contributed by atoms with Crippen LogP contribution >= 0.6 is 0 Å². The van der Waals surface area contributed by atoms with Crippen molar-refractivity contribution < 1.29 is 4.39 Å². The van der Waals surface area contributed by atoms with Crippen LogP contribution in [-0.2, 0) is 0 Å². The minimum Gasteiger partial charge on any atom is -0.368 e. The molecule has 1 N–H and O–H groups in total. The smallest absolute Gasteiger partial charge is 0.229 e. The Kier molecular flexibility index (Phi) is 4.87. The summed E-state index contributed by atoms with van der Waals surface area (Å²) < 4.78 is 13.3. The highest BCUT2D eigenvalue weighted by atomic mass is 19.1. The van der Waals surface area contributed by atoms with E-state index in [1.807, 2.05) is 6.07 Å². The molecule has 27 heavy (non-hydrogen) atoms. The van der Waals surface area contributed by atoms with E-state index in [0.717, 1.165) is 32.0 Å². The number of nitrogens with one attached hydrogen (secondary N) is 1. The number of hydrogen-bond acceptors (Lipinski definition) is 5. The van der Waals surface area contributed by atoms with E-state index < -0.39 is 0 Å². The van der Waals surface area contributed by atoms with Gasteiger partial charge in [0.1, 0.15) is 11.6 Å². The van der Waals surface area contributed by atoms with Gasteiger partial charge in [0.05, 0.1) is 0 Å². The summed E-state index contributed by atoms with van der Waals surface area (Å²) in [5.74, 6) is 1.07. The van der Waals surface area contributed by atoms with Crippen molar-refractivity contribution in [3.63, 3.8) is 0 Å². The van der Waals surface area contributed by atoms with E-state index in [0.29, 0.717) is 11.6 Å². The number of benzene rings is 2. The Morgan fingerprint density at radius 2 is 1.70 bits per heavy atom. The van der Waals surface area contributed by atoms with Crippen LogP contribution in [-0.4, -0.2) is 36.1 Å². The molecule has 3 aromatic rings. The predicted octanol–water partition coefficient (Wildman–Crippen LogP) is 3.99. The summed E-state index contributed by atoms with van der Waals surface area (Å²) >= 11 is 0. The van der Waals surface area contributed by atoms with E-state index in [4.69, 9.17) is 0 Å². The minimum absolute atomic E-state index is 0.288. The standard InChI is InChI=1S/C21H22FN5/c1-16-4-2-7-19(14-16)26-10-12-27(13-11-26)20-8-9-23-21(25-20)24-18-6-3-5-17(22)15-18/h2-9,14-15H,10-13H2,1H3,(H,23,24,25). The second-order valence-corrected chi connectivity index (χ2v) is 6.69. The van der Waals surface area contributed by atoms with Crippen LogP contribution in [0.4, 0.5) is 27.5 Å². The maximum Gasteiger partial charge on any atom is 0.229 e. The highest BCUT2D eigenvalue weighted by Gasteiger charge is 2.19. The Bertz CT molecular complexity index is 922.